The molecule has 0 bridgehead atoms. The van der Waals surface area contributed by atoms with Gasteiger partial charge in [0.1, 0.15) is 5.75 Å². The third kappa shape index (κ3) is 4.11. The van der Waals surface area contributed by atoms with Crippen molar-refractivity contribution in [2.45, 2.75) is 13.3 Å². The summed E-state index contributed by atoms with van der Waals surface area (Å²) in [5.74, 6) is 1.31. The van der Waals surface area contributed by atoms with Crippen molar-refractivity contribution in [3.63, 3.8) is 0 Å². The van der Waals surface area contributed by atoms with Gasteiger partial charge in [-0.05, 0) is 24.5 Å². The standard InChI is InChI=1S/C16H25N3O2/c1-12(9-17)16(20)18-10-13-6-7-19(11-13)14-4-3-5-15(8-14)21-2/h3-5,8,12-13H,6-7,9-11,17H2,1-2H3,(H,18,20). The summed E-state index contributed by atoms with van der Waals surface area (Å²) in [5, 5.41) is 3.00. The number of anilines is 1. The van der Waals surface area contributed by atoms with Crippen LogP contribution < -0.4 is 20.7 Å². The number of hydrogen-bond acceptors (Lipinski definition) is 4. The number of carbonyl (C=O) groups excluding carboxylic acids is 1. The molecule has 0 spiro atoms. The number of nitrogens with zero attached hydrogens (tertiary/aromatic N) is 1. The molecule has 2 atom stereocenters. The Labute approximate surface area is 126 Å². The van der Waals surface area contributed by atoms with Gasteiger partial charge in [-0.15, -0.1) is 0 Å². The van der Waals surface area contributed by atoms with Crippen molar-refractivity contribution < 1.29 is 9.53 Å². The minimum atomic E-state index is -0.110. The molecule has 1 fully saturated rings. The molecule has 5 heteroatoms. The largest absolute Gasteiger partial charge is 0.497 e. The summed E-state index contributed by atoms with van der Waals surface area (Å²) in [5.41, 5.74) is 6.68. The Morgan fingerprint density at radius 3 is 3.10 bits per heavy atom. The zero-order chi connectivity index (χ0) is 15.2. The van der Waals surface area contributed by atoms with Crippen molar-refractivity contribution in [3.8, 4) is 5.75 Å². The summed E-state index contributed by atoms with van der Waals surface area (Å²) in [7, 11) is 1.68. The number of methoxy groups -OCH3 is 1. The van der Waals surface area contributed by atoms with E-state index in [0.29, 0.717) is 12.5 Å². The van der Waals surface area contributed by atoms with Gasteiger partial charge >= 0.3 is 0 Å². The zero-order valence-electron chi connectivity index (χ0n) is 12.8. The van der Waals surface area contributed by atoms with E-state index in [2.05, 4.69) is 22.3 Å². The summed E-state index contributed by atoms with van der Waals surface area (Å²) >= 11 is 0. The monoisotopic (exact) mass is 291 g/mol. The van der Waals surface area contributed by atoms with Crippen LogP contribution in [-0.4, -0.2) is 39.2 Å². The first-order valence-electron chi connectivity index (χ1n) is 7.50. The van der Waals surface area contributed by atoms with Gasteiger partial charge in [0.05, 0.1) is 7.11 Å². The van der Waals surface area contributed by atoms with E-state index in [0.717, 1.165) is 31.8 Å². The van der Waals surface area contributed by atoms with E-state index in [-0.39, 0.29) is 11.8 Å². The molecule has 1 heterocycles. The Balaban J connectivity index is 1.84. The summed E-state index contributed by atoms with van der Waals surface area (Å²) in [4.78, 5) is 14.1. The van der Waals surface area contributed by atoms with Gasteiger partial charge in [-0.1, -0.05) is 13.0 Å². The Bertz CT molecular complexity index is 478. The van der Waals surface area contributed by atoms with E-state index in [1.807, 2.05) is 19.1 Å². The van der Waals surface area contributed by atoms with Gasteiger partial charge in [0, 0.05) is 43.9 Å². The summed E-state index contributed by atoms with van der Waals surface area (Å²) in [6, 6.07) is 8.11. The lowest BCUT2D eigenvalue weighted by atomic mass is 10.1. The van der Waals surface area contributed by atoms with Crippen LogP contribution in [0.15, 0.2) is 24.3 Å². The summed E-state index contributed by atoms with van der Waals surface area (Å²) < 4.78 is 5.26. The molecular formula is C16H25N3O2. The normalized spacial score (nSPS) is 19.4. The maximum atomic E-state index is 11.7. The quantitative estimate of drug-likeness (QED) is 0.827. The molecule has 1 aromatic rings. The molecule has 116 valence electrons. The van der Waals surface area contributed by atoms with Crippen molar-refractivity contribution in [1.29, 1.82) is 0 Å². The molecule has 0 aromatic heterocycles. The fraction of sp³-hybridized carbons (Fsp3) is 0.562. The van der Waals surface area contributed by atoms with Crippen molar-refractivity contribution in [2.24, 2.45) is 17.6 Å². The molecule has 0 saturated carbocycles. The van der Waals surface area contributed by atoms with Crippen LogP contribution in [0.3, 0.4) is 0 Å². The van der Waals surface area contributed by atoms with Crippen LogP contribution in [0.25, 0.3) is 0 Å². The smallest absolute Gasteiger partial charge is 0.224 e. The lowest BCUT2D eigenvalue weighted by Gasteiger charge is -2.19. The first kappa shape index (κ1) is 15.6. The van der Waals surface area contributed by atoms with Crippen LogP contribution >= 0.6 is 0 Å². The molecular weight excluding hydrogens is 266 g/mol. The Morgan fingerprint density at radius 2 is 2.38 bits per heavy atom. The number of carbonyl (C=O) groups is 1. The highest BCUT2D eigenvalue weighted by molar-refractivity contribution is 5.78. The van der Waals surface area contributed by atoms with Gasteiger partial charge in [-0.25, -0.2) is 0 Å². The average molecular weight is 291 g/mol. The highest BCUT2D eigenvalue weighted by Crippen LogP contribution is 2.26. The van der Waals surface area contributed by atoms with Crippen molar-refractivity contribution >= 4 is 11.6 Å². The average Bonchev–Trinajstić information content (AvgIpc) is 3.00. The van der Waals surface area contributed by atoms with Crippen molar-refractivity contribution in [2.75, 3.05) is 38.2 Å². The molecule has 1 aliphatic heterocycles. The molecule has 2 rings (SSSR count). The van der Waals surface area contributed by atoms with Crippen LogP contribution in [-0.2, 0) is 4.79 Å². The Kier molecular flexibility index (Phi) is 5.44. The fourth-order valence-corrected chi connectivity index (χ4v) is 2.57. The minimum Gasteiger partial charge on any atom is -0.497 e. The van der Waals surface area contributed by atoms with Gasteiger partial charge in [0.2, 0.25) is 5.91 Å². The number of ether oxygens (including phenoxy) is 1. The number of rotatable bonds is 6. The van der Waals surface area contributed by atoms with Crippen LogP contribution in [0.4, 0.5) is 5.69 Å². The maximum Gasteiger partial charge on any atom is 0.224 e. The van der Waals surface area contributed by atoms with Gasteiger partial charge in [-0.3, -0.25) is 4.79 Å². The fourth-order valence-electron chi connectivity index (χ4n) is 2.57. The van der Waals surface area contributed by atoms with Crippen LogP contribution in [0.2, 0.25) is 0 Å². The number of nitrogens with one attached hydrogen (secondary N) is 1. The van der Waals surface area contributed by atoms with E-state index in [1.54, 1.807) is 7.11 Å². The highest BCUT2D eigenvalue weighted by Gasteiger charge is 2.23. The SMILES string of the molecule is COc1cccc(N2CCC(CNC(=O)C(C)CN)C2)c1. The number of benzene rings is 1. The molecule has 21 heavy (non-hydrogen) atoms. The topological polar surface area (TPSA) is 67.6 Å². The van der Waals surface area contributed by atoms with Crippen LogP contribution in [0.1, 0.15) is 13.3 Å². The highest BCUT2D eigenvalue weighted by atomic mass is 16.5. The first-order chi connectivity index (χ1) is 10.1. The van der Waals surface area contributed by atoms with Crippen LogP contribution in [0, 0.1) is 11.8 Å². The van der Waals surface area contributed by atoms with Crippen molar-refractivity contribution in [3.05, 3.63) is 24.3 Å². The molecule has 1 aliphatic rings. The third-order valence-corrected chi connectivity index (χ3v) is 4.07. The molecule has 2 unspecified atom stereocenters. The maximum absolute atomic E-state index is 11.7. The zero-order valence-corrected chi connectivity index (χ0v) is 12.8. The second kappa shape index (κ2) is 7.31. The lowest BCUT2D eigenvalue weighted by Crippen LogP contribution is -2.36. The minimum absolute atomic E-state index is 0.0531. The molecule has 1 amide bonds. The lowest BCUT2D eigenvalue weighted by molar-refractivity contribution is -0.124. The van der Waals surface area contributed by atoms with E-state index in [1.165, 1.54) is 5.69 Å². The molecule has 1 aromatic carbocycles. The summed E-state index contributed by atoms with van der Waals surface area (Å²) in [6.45, 7) is 4.95. The van der Waals surface area contributed by atoms with Crippen molar-refractivity contribution in [1.82, 2.24) is 5.32 Å². The number of hydrogen-bond donors (Lipinski definition) is 2. The van der Waals surface area contributed by atoms with E-state index in [9.17, 15) is 4.79 Å². The predicted molar refractivity (Wildman–Crippen MR) is 84.5 cm³/mol. The molecule has 1 saturated heterocycles. The predicted octanol–water partition coefficient (Wildman–Crippen LogP) is 1.23. The Hall–Kier alpha value is -1.75. The Morgan fingerprint density at radius 1 is 1.57 bits per heavy atom. The molecule has 3 N–H and O–H groups in total. The van der Waals surface area contributed by atoms with Gasteiger partial charge in [0.25, 0.3) is 0 Å². The molecule has 0 aliphatic carbocycles. The number of nitrogens with two attached hydrogens (primary N) is 1. The molecule has 0 radical (unpaired) electrons. The second-order valence-corrected chi connectivity index (χ2v) is 5.68. The van der Waals surface area contributed by atoms with E-state index < -0.39 is 0 Å². The second-order valence-electron chi connectivity index (χ2n) is 5.68. The van der Waals surface area contributed by atoms with Gasteiger partial charge < -0.3 is 20.7 Å². The first-order valence-corrected chi connectivity index (χ1v) is 7.50. The molecule has 5 nitrogen and oxygen atoms in total. The van der Waals surface area contributed by atoms with E-state index in [4.69, 9.17) is 10.5 Å². The van der Waals surface area contributed by atoms with E-state index >= 15 is 0 Å². The van der Waals surface area contributed by atoms with Crippen LogP contribution in [0.5, 0.6) is 5.75 Å². The van der Waals surface area contributed by atoms with Gasteiger partial charge in [0.15, 0.2) is 0 Å². The third-order valence-electron chi connectivity index (χ3n) is 4.07. The summed E-state index contributed by atoms with van der Waals surface area (Å²) in [6.07, 6.45) is 1.09. The van der Waals surface area contributed by atoms with Gasteiger partial charge in [-0.2, -0.15) is 0 Å². The number of amides is 1.